The molecule has 0 aromatic heterocycles. The number of aliphatic hydroxyl groups excluding tert-OH is 2. The normalized spacial score (nSPS) is 5.08. The van der Waals surface area contributed by atoms with Gasteiger partial charge in [-0.05, 0) is 0 Å². The molecule has 0 aliphatic heterocycles. The first-order valence-electron chi connectivity index (χ1n) is 2.21. The van der Waals surface area contributed by atoms with Crippen LogP contribution >= 0.6 is 0 Å². The van der Waals surface area contributed by atoms with Gasteiger partial charge in [-0.15, -0.1) is 0 Å². The minimum atomic E-state index is 0. The van der Waals surface area contributed by atoms with Gasteiger partial charge >= 0.3 is 24.4 Å². The summed E-state index contributed by atoms with van der Waals surface area (Å²) in [4.78, 5) is 0. The van der Waals surface area contributed by atoms with Crippen LogP contribution in [0.1, 0.15) is 0 Å². The molecule has 13 heavy (non-hydrogen) atoms. The second kappa shape index (κ2) is 55.6. The first kappa shape index (κ1) is 50.5. The van der Waals surface area contributed by atoms with Gasteiger partial charge in [-0.3, -0.25) is 23.5 Å². The van der Waals surface area contributed by atoms with Gasteiger partial charge in [-0.2, -0.15) is 0 Å². The number of ether oxygens (including phenoxy) is 1. The van der Waals surface area contributed by atoms with E-state index in [1.807, 2.05) is 0 Å². The Morgan fingerprint density at radius 2 is 0.923 bits per heavy atom. The van der Waals surface area contributed by atoms with E-state index >= 15 is 0 Å². The summed E-state index contributed by atoms with van der Waals surface area (Å²) < 4.78 is 4.63. The molecule has 3 nitrogen and oxygen atoms in total. The summed E-state index contributed by atoms with van der Waals surface area (Å²) in [5, 5.41) is 16.2. The van der Waals surface area contributed by atoms with Crippen molar-refractivity contribution in [3.8, 4) is 0 Å². The molecule has 0 aromatic carbocycles. The number of aliphatic hydroxyl groups is 2. The standard InChI is InChI=1S/C4H10O3.5FH.Sb.3H/c5-1-3-7-4-2-6;;;;;;;;;/h5-6H,1-4H2;5*1H;;;;. The molecule has 0 aliphatic rings. The molecule has 0 radical (unpaired) electrons. The van der Waals surface area contributed by atoms with E-state index in [0.29, 0.717) is 13.2 Å². The molecule has 2 N–H and O–H groups in total. The molecule has 0 rings (SSSR count). The van der Waals surface area contributed by atoms with Gasteiger partial charge in [0.25, 0.3) is 0 Å². The Kier molecular flexibility index (Phi) is 216. The van der Waals surface area contributed by atoms with E-state index in [2.05, 4.69) is 4.74 Å². The molecule has 0 saturated heterocycles. The molecule has 92 valence electrons. The Bertz CT molecular complexity index is 43.0. The van der Waals surface area contributed by atoms with Crippen LogP contribution in [0.15, 0.2) is 0 Å². The average molecular weight is 331 g/mol. The van der Waals surface area contributed by atoms with Crippen molar-refractivity contribution < 1.29 is 38.5 Å². The van der Waals surface area contributed by atoms with Crippen molar-refractivity contribution in [2.24, 2.45) is 0 Å². The molecule has 0 unspecified atom stereocenters. The summed E-state index contributed by atoms with van der Waals surface area (Å²) >= 11 is 0. The summed E-state index contributed by atoms with van der Waals surface area (Å²) in [5.74, 6) is 0. The first-order valence-corrected chi connectivity index (χ1v) is 2.21. The average Bonchev–Trinajstić information content (AvgIpc) is 1.69. The van der Waals surface area contributed by atoms with Gasteiger partial charge in [0.05, 0.1) is 26.4 Å². The number of hydrogen-bond acceptors (Lipinski definition) is 3. The van der Waals surface area contributed by atoms with Gasteiger partial charge in [0.2, 0.25) is 0 Å². The van der Waals surface area contributed by atoms with Crippen molar-refractivity contribution >= 4 is 24.4 Å². The van der Waals surface area contributed by atoms with Crippen LogP contribution in [-0.4, -0.2) is 61.1 Å². The molecule has 0 aliphatic carbocycles. The third-order valence-corrected chi connectivity index (χ3v) is 0.471. The van der Waals surface area contributed by atoms with Crippen LogP contribution < -0.4 is 0 Å². The second-order valence-corrected chi connectivity index (χ2v) is 1.06. The number of rotatable bonds is 4. The van der Waals surface area contributed by atoms with E-state index in [0.717, 1.165) is 0 Å². The Labute approximate surface area is 89.7 Å². The van der Waals surface area contributed by atoms with Gasteiger partial charge in [0.1, 0.15) is 0 Å². The van der Waals surface area contributed by atoms with Gasteiger partial charge in [0, 0.05) is 0 Å². The van der Waals surface area contributed by atoms with Crippen molar-refractivity contribution in [3.05, 3.63) is 0 Å². The predicted octanol–water partition coefficient (Wildman–Crippen LogP) is -1.43. The number of hydrogen-bond donors (Lipinski definition) is 2. The zero-order valence-corrected chi connectivity index (χ0v) is 10.9. The third kappa shape index (κ3) is 69.9. The van der Waals surface area contributed by atoms with E-state index in [4.69, 9.17) is 10.2 Å². The van der Waals surface area contributed by atoms with Crippen molar-refractivity contribution in [2.75, 3.05) is 26.4 Å². The monoisotopic (exact) mass is 330 g/mol. The van der Waals surface area contributed by atoms with Crippen molar-refractivity contribution in [1.82, 2.24) is 0 Å². The topological polar surface area (TPSA) is 49.7 Å². The summed E-state index contributed by atoms with van der Waals surface area (Å²) in [6.45, 7) is 0.696. The maximum atomic E-state index is 8.09. The van der Waals surface area contributed by atoms with Gasteiger partial charge in [0.15, 0.2) is 0 Å². The Morgan fingerprint density at radius 3 is 1.08 bits per heavy atom. The zero-order valence-electron chi connectivity index (χ0n) is 6.88. The molecular weight excluding hydrogens is 313 g/mol. The molecular formula is C4H18F5O3Sb. The van der Waals surface area contributed by atoms with Crippen LogP contribution in [-0.2, 0) is 4.74 Å². The summed E-state index contributed by atoms with van der Waals surface area (Å²) in [7, 11) is 0. The van der Waals surface area contributed by atoms with Crippen molar-refractivity contribution in [3.63, 3.8) is 0 Å². The van der Waals surface area contributed by atoms with E-state index in [9.17, 15) is 0 Å². The summed E-state index contributed by atoms with van der Waals surface area (Å²) in [6.07, 6.45) is 0. The second-order valence-electron chi connectivity index (χ2n) is 1.06. The molecule has 0 bridgehead atoms. The SMILES string of the molecule is F.F.F.F.F.OCCOCCO.[SbH3]. The van der Waals surface area contributed by atoms with Gasteiger partial charge in [-0.1, -0.05) is 0 Å². The fraction of sp³-hybridized carbons (Fsp3) is 1.00. The van der Waals surface area contributed by atoms with E-state index in [-0.39, 0.29) is 61.2 Å². The van der Waals surface area contributed by atoms with Gasteiger partial charge < -0.3 is 14.9 Å². The minimum absolute atomic E-state index is 0. The Balaban J connectivity index is -0.0000000120. The van der Waals surface area contributed by atoms with Crippen LogP contribution in [0.25, 0.3) is 0 Å². The summed E-state index contributed by atoms with van der Waals surface area (Å²) in [5.41, 5.74) is 0. The molecule has 0 saturated carbocycles. The van der Waals surface area contributed by atoms with Crippen LogP contribution in [0.2, 0.25) is 0 Å². The van der Waals surface area contributed by atoms with Crippen LogP contribution in [0, 0.1) is 0 Å². The molecule has 0 spiro atoms. The summed E-state index contributed by atoms with van der Waals surface area (Å²) in [6, 6.07) is 0. The molecule has 0 aromatic rings. The van der Waals surface area contributed by atoms with Crippen LogP contribution in [0.5, 0.6) is 0 Å². The molecule has 0 fully saturated rings. The predicted molar refractivity (Wildman–Crippen MR) is 47.4 cm³/mol. The maximum absolute atomic E-state index is 8.09. The molecule has 0 amide bonds. The van der Waals surface area contributed by atoms with E-state index in [1.165, 1.54) is 0 Å². The van der Waals surface area contributed by atoms with E-state index in [1.54, 1.807) is 0 Å². The number of halogens is 5. The Morgan fingerprint density at radius 1 is 0.692 bits per heavy atom. The molecule has 0 atom stereocenters. The van der Waals surface area contributed by atoms with Crippen LogP contribution in [0.3, 0.4) is 0 Å². The Hall–Kier alpha value is 0.348. The zero-order chi connectivity index (χ0) is 5.54. The van der Waals surface area contributed by atoms with Crippen molar-refractivity contribution in [2.45, 2.75) is 0 Å². The third-order valence-electron chi connectivity index (χ3n) is 0.471. The van der Waals surface area contributed by atoms with Crippen LogP contribution in [0.4, 0.5) is 23.5 Å². The van der Waals surface area contributed by atoms with Gasteiger partial charge in [-0.25, -0.2) is 0 Å². The fourth-order valence-electron chi connectivity index (χ4n) is 0.231. The molecule has 9 heteroatoms. The van der Waals surface area contributed by atoms with Crippen molar-refractivity contribution in [1.29, 1.82) is 0 Å². The quantitative estimate of drug-likeness (QED) is 0.377. The van der Waals surface area contributed by atoms with E-state index < -0.39 is 0 Å². The first-order chi connectivity index (χ1) is 3.41. The fourth-order valence-corrected chi connectivity index (χ4v) is 0.231. The molecule has 0 heterocycles.